The molecule has 1 saturated heterocycles. The predicted octanol–water partition coefficient (Wildman–Crippen LogP) is -1.35. The summed E-state index contributed by atoms with van der Waals surface area (Å²) in [5.41, 5.74) is 0. The minimum Gasteiger partial charge on any atom is -0.378 e. The molecular formula is C9H19N3O2. The molecule has 5 heteroatoms. The smallest absolute Gasteiger partial charge is 0.207 e. The SMILES string of the molecule is O=CNCCOCCN1CCNCC1. The second kappa shape index (κ2) is 7.73. The molecule has 0 bridgehead atoms. The fraction of sp³-hybridized carbons (Fsp3) is 0.889. The molecular weight excluding hydrogens is 182 g/mol. The van der Waals surface area contributed by atoms with E-state index in [1.54, 1.807) is 0 Å². The van der Waals surface area contributed by atoms with Crippen LogP contribution in [-0.2, 0) is 9.53 Å². The summed E-state index contributed by atoms with van der Waals surface area (Å²) in [5, 5.41) is 5.86. The Hall–Kier alpha value is -0.650. The molecule has 2 N–H and O–H groups in total. The van der Waals surface area contributed by atoms with Gasteiger partial charge in [0.15, 0.2) is 0 Å². The van der Waals surface area contributed by atoms with E-state index in [2.05, 4.69) is 15.5 Å². The van der Waals surface area contributed by atoms with Crippen molar-refractivity contribution in [3.05, 3.63) is 0 Å². The van der Waals surface area contributed by atoms with Crippen molar-refractivity contribution in [2.45, 2.75) is 0 Å². The molecule has 5 nitrogen and oxygen atoms in total. The minimum atomic E-state index is 0.602. The van der Waals surface area contributed by atoms with Gasteiger partial charge in [0.05, 0.1) is 13.2 Å². The first-order valence-electron chi connectivity index (χ1n) is 5.11. The Balaban J connectivity index is 1.85. The number of nitrogens with zero attached hydrogens (tertiary/aromatic N) is 1. The third-order valence-corrected chi connectivity index (χ3v) is 2.24. The van der Waals surface area contributed by atoms with Crippen LogP contribution in [0.25, 0.3) is 0 Å². The Morgan fingerprint density at radius 3 is 2.86 bits per heavy atom. The van der Waals surface area contributed by atoms with Crippen LogP contribution >= 0.6 is 0 Å². The highest BCUT2D eigenvalue weighted by molar-refractivity contribution is 5.45. The molecule has 0 radical (unpaired) electrons. The van der Waals surface area contributed by atoms with E-state index in [0.29, 0.717) is 19.6 Å². The first-order chi connectivity index (χ1) is 6.93. The van der Waals surface area contributed by atoms with Gasteiger partial charge in [-0.05, 0) is 0 Å². The number of ether oxygens (including phenoxy) is 1. The van der Waals surface area contributed by atoms with Gasteiger partial charge in [-0.1, -0.05) is 0 Å². The second-order valence-electron chi connectivity index (χ2n) is 3.28. The van der Waals surface area contributed by atoms with Crippen LogP contribution in [0.3, 0.4) is 0 Å². The summed E-state index contributed by atoms with van der Waals surface area (Å²) in [6.45, 7) is 7.31. The van der Waals surface area contributed by atoms with Gasteiger partial charge in [-0.25, -0.2) is 0 Å². The fourth-order valence-electron chi connectivity index (χ4n) is 1.42. The Bertz CT molecular complexity index is 149. The van der Waals surface area contributed by atoms with E-state index in [1.165, 1.54) is 0 Å². The zero-order valence-corrected chi connectivity index (χ0v) is 8.50. The van der Waals surface area contributed by atoms with Crippen LogP contribution in [0.15, 0.2) is 0 Å². The molecule has 1 heterocycles. The van der Waals surface area contributed by atoms with Crippen molar-refractivity contribution in [3.8, 4) is 0 Å². The van der Waals surface area contributed by atoms with Gasteiger partial charge < -0.3 is 15.4 Å². The van der Waals surface area contributed by atoms with E-state index in [4.69, 9.17) is 4.74 Å². The topological polar surface area (TPSA) is 53.6 Å². The largest absolute Gasteiger partial charge is 0.378 e. The van der Waals surface area contributed by atoms with Gasteiger partial charge in [-0.3, -0.25) is 9.69 Å². The molecule has 0 aromatic rings. The van der Waals surface area contributed by atoms with Gasteiger partial charge in [0, 0.05) is 39.3 Å². The lowest BCUT2D eigenvalue weighted by Gasteiger charge is -2.26. The molecule has 0 spiro atoms. The van der Waals surface area contributed by atoms with Gasteiger partial charge in [0.25, 0.3) is 0 Å². The Morgan fingerprint density at radius 1 is 1.36 bits per heavy atom. The van der Waals surface area contributed by atoms with Crippen LogP contribution in [0.5, 0.6) is 0 Å². The van der Waals surface area contributed by atoms with E-state index >= 15 is 0 Å². The van der Waals surface area contributed by atoms with Gasteiger partial charge in [-0.15, -0.1) is 0 Å². The van der Waals surface area contributed by atoms with Crippen molar-refractivity contribution in [3.63, 3.8) is 0 Å². The van der Waals surface area contributed by atoms with Crippen LogP contribution < -0.4 is 10.6 Å². The quantitative estimate of drug-likeness (QED) is 0.395. The van der Waals surface area contributed by atoms with Crippen molar-refractivity contribution in [2.75, 3.05) is 52.5 Å². The molecule has 82 valence electrons. The maximum atomic E-state index is 9.90. The summed E-state index contributed by atoms with van der Waals surface area (Å²) >= 11 is 0. The van der Waals surface area contributed by atoms with Crippen molar-refractivity contribution < 1.29 is 9.53 Å². The predicted molar refractivity (Wildman–Crippen MR) is 54.2 cm³/mol. The number of amides is 1. The summed E-state index contributed by atoms with van der Waals surface area (Å²) in [4.78, 5) is 12.3. The minimum absolute atomic E-state index is 0.602. The van der Waals surface area contributed by atoms with Gasteiger partial charge >= 0.3 is 0 Å². The lowest BCUT2D eigenvalue weighted by Crippen LogP contribution is -2.44. The number of rotatable bonds is 7. The molecule has 1 amide bonds. The fourth-order valence-corrected chi connectivity index (χ4v) is 1.42. The maximum Gasteiger partial charge on any atom is 0.207 e. The lowest BCUT2D eigenvalue weighted by molar-refractivity contribution is -0.109. The lowest BCUT2D eigenvalue weighted by atomic mass is 10.4. The number of carbonyl (C=O) groups excluding carboxylic acids is 1. The first-order valence-corrected chi connectivity index (χ1v) is 5.11. The van der Waals surface area contributed by atoms with Crippen LogP contribution in [0.4, 0.5) is 0 Å². The van der Waals surface area contributed by atoms with Gasteiger partial charge in [-0.2, -0.15) is 0 Å². The first kappa shape index (κ1) is 11.4. The zero-order chi connectivity index (χ0) is 10.1. The van der Waals surface area contributed by atoms with Gasteiger partial charge in [0.1, 0.15) is 0 Å². The molecule has 0 aromatic heterocycles. The summed E-state index contributed by atoms with van der Waals surface area (Å²) < 4.78 is 5.35. The van der Waals surface area contributed by atoms with Crippen LogP contribution in [-0.4, -0.2) is 63.8 Å². The average Bonchev–Trinajstić information content (AvgIpc) is 2.25. The van der Waals surface area contributed by atoms with Gasteiger partial charge in [0.2, 0.25) is 6.41 Å². The van der Waals surface area contributed by atoms with E-state index in [0.717, 1.165) is 39.3 Å². The normalized spacial score (nSPS) is 18.0. The van der Waals surface area contributed by atoms with Crippen LogP contribution in [0.2, 0.25) is 0 Å². The number of carbonyl (C=O) groups is 1. The van der Waals surface area contributed by atoms with Crippen LogP contribution in [0, 0.1) is 0 Å². The number of nitrogens with one attached hydrogen (secondary N) is 2. The van der Waals surface area contributed by atoms with Crippen molar-refractivity contribution >= 4 is 6.41 Å². The van der Waals surface area contributed by atoms with E-state index in [1.807, 2.05) is 0 Å². The molecule has 1 aliphatic rings. The second-order valence-corrected chi connectivity index (χ2v) is 3.28. The third-order valence-electron chi connectivity index (χ3n) is 2.24. The standard InChI is InChI=1S/C9H19N3O2/c13-9-11-3-7-14-8-6-12-4-1-10-2-5-12/h9-10H,1-8H2,(H,11,13). The number of hydrogen-bond donors (Lipinski definition) is 2. The molecule has 1 aliphatic heterocycles. The van der Waals surface area contributed by atoms with E-state index in [9.17, 15) is 4.79 Å². The highest BCUT2D eigenvalue weighted by Gasteiger charge is 2.07. The number of hydrogen-bond acceptors (Lipinski definition) is 4. The molecule has 0 saturated carbocycles. The summed E-state index contributed by atoms with van der Waals surface area (Å²) in [7, 11) is 0. The molecule has 0 aromatic carbocycles. The summed E-state index contributed by atoms with van der Waals surface area (Å²) in [6, 6.07) is 0. The molecule has 1 fully saturated rings. The molecule has 1 rings (SSSR count). The summed E-state index contributed by atoms with van der Waals surface area (Å²) in [6.07, 6.45) is 0.694. The van der Waals surface area contributed by atoms with Crippen molar-refractivity contribution in [2.24, 2.45) is 0 Å². The monoisotopic (exact) mass is 201 g/mol. The molecule has 0 unspecified atom stereocenters. The van der Waals surface area contributed by atoms with Crippen molar-refractivity contribution in [1.29, 1.82) is 0 Å². The Morgan fingerprint density at radius 2 is 2.14 bits per heavy atom. The molecule has 0 aliphatic carbocycles. The maximum absolute atomic E-state index is 9.90. The van der Waals surface area contributed by atoms with E-state index < -0.39 is 0 Å². The molecule has 14 heavy (non-hydrogen) atoms. The third kappa shape index (κ3) is 5.16. The summed E-state index contributed by atoms with van der Waals surface area (Å²) in [5.74, 6) is 0. The van der Waals surface area contributed by atoms with Crippen LogP contribution in [0.1, 0.15) is 0 Å². The number of piperazine rings is 1. The zero-order valence-electron chi connectivity index (χ0n) is 8.50. The molecule has 0 atom stereocenters. The Labute approximate surface area is 84.8 Å². The average molecular weight is 201 g/mol. The van der Waals surface area contributed by atoms with E-state index in [-0.39, 0.29) is 0 Å². The Kier molecular flexibility index (Phi) is 6.30. The highest BCUT2D eigenvalue weighted by Crippen LogP contribution is 1.91. The van der Waals surface area contributed by atoms with Crippen molar-refractivity contribution in [1.82, 2.24) is 15.5 Å². The highest BCUT2D eigenvalue weighted by atomic mass is 16.5.